The fourth-order valence-electron chi connectivity index (χ4n) is 1.09. The summed E-state index contributed by atoms with van der Waals surface area (Å²) in [6.07, 6.45) is -4.97. The van der Waals surface area contributed by atoms with Gasteiger partial charge in [-0.25, -0.2) is 13.2 Å². The zero-order chi connectivity index (χ0) is 8.27. The van der Waals surface area contributed by atoms with E-state index in [1.165, 1.54) is 0 Å². The summed E-state index contributed by atoms with van der Waals surface area (Å²) in [7, 11) is 0. The van der Waals surface area contributed by atoms with E-state index in [4.69, 9.17) is 0 Å². The maximum Gasteiger partial charge on any atom is 0.282 e. The second-order valence-corrected chi connectivity index (χ2v) is 2.49. The lowest BCUT2D eigenvalue weighted by atomic mass is 10.3. The second-order valence-electron chi connectivity index (χ2n) is 2.49. The van der Waals surface area contributed by atoms with E-state index in [0.717, 1.165) is 4.90 Å². The SMILES string of the molecule is FC(F)C(F)N1CCNCC1. The molecule has 1 saturated heterocycles. The number of hydrogen-bond donors (Lipinski definition) is 1. The molecule has 1 fully saturated rings. The number of alkyl halides is 3. The first-order valence-corrected chi connectivity index (χ1v) is 3.59. The van der Waals surface area contributed by atoms with Crippen molar-refractivity contribution in [1.82, 2.24) is 10.2 Å². The van der Waals surface area contributed by atoms with Crippen LogP contribution in [-0.4, -0.2) is 43.8 Å². The van der Waals surface area contributed by atoms with Crippen molar-refractivity contribution in [3.63, 3.8) is 0 Å². The molecule has 0 spiro atoms. The highest BCUT2D eigenvalue weighted by Crippen LogP contribution is 2.11. The third-order valence-corrected chi connectivity index (χ3v) is 1.71. The van der Waals surface area contributed by atoms with Gasteiger partial charge in [-0.2, -0.15) is 0 Å². The van der Waals surface area contributed by atoms with Gasteiger partial charge in [0.15, 0.2) is 0 Å². The summed E-state index contributed by atoms with van der Waals surface area (Å²) in [5.74, 6) is 0. The minimum atomic E-state index is -2.88. The van der Waals surface area contributed by atoms with Crippen LogP contribution in [0.4, 0.5) is 13.2 Å². The summed E-state index contributed by atoms with van der Waals surface area (Å²) in [5, 5.41) is 2.96. The molecule has 11 heavy (non-hydrogen) atoms. The van der Waals surface area contributed by atoms with Crippen molar-refractivity contribution in [2.45, 2.75) is 12.7 Å². The molecule has 0 saturated carbocycles. The number of piperazine rings is 1. The van der Waals surface area contributed by atoms with Gasteiger partial charge in [-0.1, -0.05) is 0 Å². The Morgan fingerprint density at radius 2 is 1.64 bits per heavy atom. The molecule has 1 unspecified atom stereocenters. The minimum absolute atomic E-state index is 0.367. The molecule has 0 amide bonds. The molecule has 1 aliphatic heterocycles. The molecule has 0 aromatic rings. The Labute approximate surface area is 63.4 Å². The van der Waals surface area contributed by atoms with E-state index in [9.17, 15) is 13.2 Å². The highest BCUT2D eigenvalue weighted by atomic mass is 19.3. The van der Waals surface area contributed by atoms with Crippen LogP contribution in [0.25, 0.3) is 0 Å². The van der Waals surface area contributed by atoms with Crippen molar-refractivity contribution >= 4 is 0 Å². The molecule has 0 aliphatic carbocycles. The lowest BCUT2D eigenvalue weighted by Crippen LogP contribution is -2.49. The monoisotopic (exact) mass is 168 g/mol. The molecule has 1 rings (SSSR count). The molecule has 1 N–H and O–H groups in total. The van der Waals surface area contributed by atoms with E-state index in [1.807, 2.05) is 0 Å². The van der Waals surface area contributed by atoms with Gasteiger partial charge in [0.25, 0.3) is 6.43 Å². The number of nitrogens with zero attached hydrogens (tertiary/aromatic N) is 1. The summed E-state index contributed by atoms with van der Waals surface area (Å²) in [4.78, 5) is 1.15. The summed E-state index contributed by atoms with van der Waals surface area (Å²) >= 11 is 0. The van der Waals surface area contributed by atoms with Crippen molar-refractivity contribution in [2.24, 2.45) is 0 Å². The average molecular weight is 168 g/mol. The normalized spacial score (nSPS) is 24.0. The number of halogens is 3. The summed E-state index contributed by atoms with van der Waals surface area (Å²) in [6.45, 7) is 1.91. The zero-order valence-electron chi connectivity index (χ0n) is 6.06. The smallest absolute Gasteiger partial charge is 0.282 e. The summed E-state index contributed by atoms with van der Waals surface area (Å²) in [6, 6.07) is 0. The van der Waals surface area contributed by atoms with Gasteiger partial charge in [0, 0.05) is 26.2 Å². The van der Waals surface area contributed by atoms with Crippen molar-refractivity contribution in [2.75, 3.05) is 26.2 Å². The first-order valence-electron chi connectivity index (χ1n) is 3.59. The number of hydrogen-bond acceptors (Lipinski definition) is 2. The van der Waals surface area contributed by atoms with Crippen LogP contribution in [-0.2, 0) is 0 Å². The van der Waals surface area contributed by atoms with Gasteiger partial charge in [0.1, 0.15) is 0 Å². The van der Waals surface area contributed by atoms with Gasteiger partial charge in [-0.15, -0.1) is 0 Å². The Morgan fingerprint density at radius 3 is 2.09 bits per heavy atom. The van der Waals surface area contributed by atoms with Gasteiger partial charge in [0.2, 0.25) is 6.30 Å². The summed E-state index contributed by atoms with van der Waals surface area (Å²) < 4.78 is 36.1. The van der Waals surface area contributed by atoms with Crippen molar-refractivity contribution in [3.05, 3.63) is 0 Å². The topological polar surface area (TPSA) is 15.3 Å². The minimum Gasteiger partial charge on any atom is -0.314 e. The van der Waals surface area contributed by atoms with E-state index >= 15 is 0 Å². The lowest BCUT2D eigenvalue weighted by molar-refractivity contribution is -0.0527. The van der Waals surface area contributed by atoms with Gasteiger partial charge < -0.3 is 5.32 Å². The van der Waals surface area contributed by atoms with E-state index in [-0.39, 0.29) is 0 Å². The molecule has 66 valence electrons. The van der Waals surface area contributed by atoms with Crippen LogP contribution in [0.1, 0.15) is 0 Å². The molecule has 5 heteroatoms. The molecule has 1 atom stereocenters. The van der Waals surface area contributed by atoms with Crippen LogP contribution in [0.2, 0.25) is 0 Å². The fraction of sp³-hybridized carbons (Fsp3) is 1.00. The molecule has 0 radical (unpaired) electrons. The largest absolute Gasteiger partial charge is 0.314 e. The van der Waals surface area contributed by atoms with Crippen LogP contribution in [0, 0.1) is 0 Å². The highest BCUT2D eigenvalue weighted by Gasteiger charge is 2.27. The third-order valence-electron chi connectivity index (χ3n) is 1.71. The van der Waals surface area contributed by atoms with Crippen LogP contribution >= 0.6 is 0 Å². The Balaban J connectivity index is 2.32. The van der Waals surface area contributed by atoms with Gasteiger partial charge >= 0.3 is 0 Å². The maximum absolute atomic E-state index is 12.6. The zero-order valence-corrected chi connectivity index (χ0v) is 6.06. The van der Waals surface area contributed by atoms with Crippen LogP contribution in [0.3, 0.4) is 0 Å². The van der Waals surface area contributed by atoms with E-state index in [2.05, 4.69) is 5.32 Å². The molecule has 0 bridgehead atoms. The molecule has 1 aliphatic rings. The molecule has 0 aromatic heterocycles. The Hall–Kier alpha value is -0.290. The van der Waals surface area contributed by atoms with Crippen LogP contribution in [0.15, 0.2) is 0 Å². The first-order chi connectivity index (χ1) is 5.22. The fourth-order valence-corrected chi connectivity index (χ4v) is 1.09. The van der Waals surface area contributed by atoms with Gasteiger partial charge in [-0.3, -0.25) is 4.90 Å². The van der Waals surface area contributed by atoms with E-state index in [0.29, 0.717) is 26.2 Å². The number of nitrogens with one attached hydrogen (secondary N) is 1. The average Bonchev–Trinajstić information content (AvgIpc) is 2.05. The summed E-state index contributed by atoms with van der Waals surface area (Å²) in [5.41, 5.74) is 0. The Kier molecular flexibility index (Phi) is 3.14. The molecule has 2 nitrogen and oxygen atoms in total. The third kappa shape index (κ3) is 2.34. The molecule has 0 aromatic carbocycles. The lowest BCUT2D eigenvalue weighted by Gasteiger charge is -2.29. The van der Waals surface area contributed by atoms with Crippen molar-refractivity contribution in [1.29, 1.82) is 0 Å². The van der Waals surface area contributed by atoms with Crippen LogP contribution < -0.4 is 5.32 Å². The molecular formula is C6H11F3N2. The van der Waals surface area contributed by atoms with Gasteiger partial charge in [0.05, 0.1) is 0 Å². The van der Waals surface area contributed by atoms with E-state index < -0.39 is 12.7 Å². The van der Waals surface area contributed by atoms with E-state index in [1.54, 1.807) is 0 Å². The predicted molar refractivity (Wildman–Crippen MR) is 35.3 cm³/mol. The standard InChI is InChI=1S/C6H11F3N2/c7-5(8)6(9)11-3-1-10-2-4-11/h5-6,10H,1-4H2. The van der Waals surface area contributed by atoms with Crippen molar-refractivity contribution in [3.8, 4) is 0 Å². The van der Waals surface area contributed by atoms with Crippen LogP contribution in [0.5, 0.6) is 0 Å². The Morgan fingerprint density at radius 1 is 1.09 bits per heavy atom. The quantitative estimate of drug-likeness (QED) is 0.602. The number of rotatable bonds is 2. The first kappa shape index (κ1) is 8.80. The second kappa shape index (κ2) is 3.92. The predicted octanol–water partition coefficient (Wildman–Crippen LogP) is 0.452. The van der Waals surface area contributed by atoms with Gasteiger partial charge in [-0.05, 0) is 0 Å². The van der Waals surface area contributed by atoms with Crippen molar-refractivity contribution < 1.29 is 13.2 Å². The maximum atomic E-state index is 12.6. The highest BCUT2D eigenvalue weighted by molar-refractivity contribution is 4.71. The molecule has 1 heterocycles. The molecular weight excluding hydrogens is 157 g/mol. The Bertz CT molecular complexity index is 114.